The van der Waals surface area contributed by atoms with Crippen molar-refractivity contribution in [1.29, 1.82) is 0 Å². The lowest BCUT2D eigenvalue weighted by molar-refractivity contribution is -0.136. The summed E-state index contributed by atoms with van der Waals surface area (Å²) in [5, 5.41) is 5.61. The highest BCUT2D eigenvalue weighted by molar-refractivity contribution is 14.1. The van der Waals surface area contributed by atoms with Crippen LogP contribution in [0.1, 0.15) is 12.0 Å². The highest BCUT2D eigenvalue weighted by Crippen LogP contribution is 2.19. The summed E-state index contributed by atoms with van der Waals surface area (Å²) in [7, 11) is 0. The summed E-state index contributed by atoms with van der Waals surface area (Å²) in [5.74, 6) is -2.13. The Bertz CT molecular complexity index is 916. The lowest BCUT2D eigenvalue weighted by Gasteiger charge is -2.12. The Hall–Kier alpha value is -2.59. The van der Waals surface area contributed by atoms with Crippen molar-refractivity contribution in [1.82, 2.24) is 10.9 Å². The molecule has 0 aliphatic heterocycles. The molecule has 3 amide bonds. The van der Waals surface area contributed by atoms with Crippen molar-refractivity contribution in [2.45, 2.75) is 13.3 Å². The number of anilines is 2. The fourth-order valence-electron chi connectivity index (χ4n) is 2.04. The molecule has 28 heavy (non-hydrogen) atoms. The number of rotatable bonds is 6. The molecule has 0 radical (unpaired) electrons. The van der Waals surface area contributed by atoms with Crippen molar-refractivity contribution in [3.63, 3.8) is 0 Å². The van der Waals surface area contributed by atoms with Crippen molar-refractivity contribution in [3.05, 3.63) is 68.9 Å². The van der Waals surface area contributed by atoms with Crippen LogP contribution >= 0.6 is 34.2 Å². The van der Waals surface area contributed by atoms with Gasteiger partial charge in [-0.25, -0.2) is 0 Å². The van der Waals surface area contributed by atoms with Crippen LogP contribution in [0.3, 0.4) is 0 Å². The number of aryl methyl sites for hydroxylation is 1. The Morgan fingerprint density at radius 3 is 2.25 bits per heavy atom. The summed E-state index contributed by atoms with van der Waals surface area (Å²) in [5.41, 5.74) is 6.77. The van der Waals surface area contributed by atoms with Gasteiger partial charge in [0.15, 0.2) is 0 Å². The maximum Gasteiger partial charge on any atom is 0.327 e. The molecule has 0 heterocycles. The lowest BCUT2D eigenvalue weighted by atomic mass is 10.2. The van der Waals surface area contributed by atoms with Gasteiger partial charge < -0.3 is 16.1 Å². The Morgan fingerprint density at radius 2 is 1.61 bits per heavy atom. The number of amides is 3. The molecule has 0 aliphatic carbocycles. The first-order chi connectivity index (χ1) is 13.2. The first-order valence-electron chi connectivity index (χ1n) is 8.11. The van der Waals surface area contributed by atoms with Crippen LogP contribution in [-0.4, -0.2) is 17.7 Å². The molecular formula is C19H18ClIN4O3. The van der Waals surface area contributed by atoms with Crippen molar-refractivity contribution in [2.24, 2.45) is 0 Å². The van der Waals surface area contributed by atoms with E-state index in [9.17, 15) is 14.4 Å². The minimum atomic E-state index is -0.934. The summed E-state index contributed by atoms with van der Waals surface area (Å²) in [6, 6.07) is 12.2. The van der Waals surface area contributed by atoms with Gasteiger partial charge in [-0.1, -0.05) is 24.2 Å². The Morgan fingerprint density at radius 1 is 0.964 bits per heavy atom. The largest absolute Gasteiger partial charge is 0.327 e. The number of carbonyl (C=O) groups excluding carboxylic acids is 3. The predicted octanol–water partition coefficient (Wildman–Crippen LogP) is 3.35. The van der Waals surface area contributed by atoms with Crippen LogP contribution in [0, 0.1) is 10.5 Å². The molecule has 0 aliphatic rings. The lowest BCUT2D eigenvalue weighted by Crippen LogP contribution is -2.43. The Kier molecular flexibility index (Phi) is 7.82. The van der Waals surface area contributed by atoms with Crippen LogP contribution in [0.2, 0.25) is 5.02 Å². The van der Waals surface area contributed by atoms with E-state index in [4.69, 9.17) is 11.6 Å². The van der Waals surface area contributed by atoms with Gasteiger partial charge in [0.2, 0.25) is 5.91 Å². The Labute approximate surface area is 181 Å². The molecular weight excluding hydrogens is 495 g/mol. The zero-order valence-electron chi connectivity index (χ0n) is 14.9. The van der Waals surface area contributed by atoms with E-state index in [0.29, 0.717) is 16.4 Å². The summed E-state index contributed by atoms with van der Waals surface area (Å²) in [6.45, 7) is 5.47. The van der Waals surface area contributed by atoms with Gasteiger partial charge in [-0.3, -0.25) is 19.8 Å². The zero-order valence-corrected chi connectivity index (χ0v) is 17.8. The quantitative estimate of drug-likeness (QED) is 0.271. The molecule has 4 N–H and O–H groups in total. The van der Waals surface area contributed by atoms with E-state index in [-0.39, 0.29) is 18.0 Å². The first kappa shape index (κ1) is 21.7. The van der Waals surface area contributed by atoms with Crippen molar-refractivity contribution < 1.29 is 14.4 Å². The first-order valence-corrected chi connectivity index (χ1v) is 9.57. The second kappa shape index (κ2) is 10.1. The molecule has 7 nitrogen and oxygen atoms in total. The SMILES string of the molecule is C=C(CC(=O)Nc1ccc(I)cc1)NNC(=O)C(=O)Nc1ccc(C)c(Cl)c1. The predicted molar refractivity (Wildman–Crippen MR) is 118 cm³/mol. The minimum Gasteiger partial charge on any atom is -0.326 e. The third-order valence-corrected chi connectivity index (χ3v) is 4.62. The van der Waals surface area contributed by atoms with E-state index in [1.807, 2.05) is 19.1 Å². The number of halogens is 2. The summed E-state index contributed by atoms with van der Waals surface area (Å²) >= 11 is 8.15. The molecule has 0 saturated heterocycles. The smallest absolute Gasteiger partial charge is 0.326 e. The molecule has 0 saturated carbocycles. The van der Waals surface area contributed by atoms with E-state index in [0.717, 1.165) is 9.13 Å². The average molecular weight is 513 g/mol. The van der Waals surface area contributed by atoms with Crippen LogP contribution in [0.15, 0.2) is 54.7 Å². The number of hydrogen-bond donors (Lipinski definition) is 4. The van der Waals surface area contributed by atoms with E-state index in [1.165, 1.54) is 0 Å². The summed E-state index contributed by atoms with van der Waals surface area (Å²) in [4.78, 5) is 35.7. The van der Waals surface area contributed by atoms with Crippen LogP contribution in [-0.2, 0) is 14.4 Å². The molecule has 0 spiro atoms. The molecule has 2 rings (SSSR count). The fourth-order valence-corrected chi connectivity index (χ4v) is 2.58. The standard InChI is InChI=1S/C19H18ClIN4O3/c1-11-3-6-15(10-16(11)20)23-18(27)19(28)25-24-12(2)9-17(26)22-14-7-4-13(21)5-8-14/h3-8,10,24H,2,9H2,1H3,(H,22,26)(H,23,27)(H,25,28). The maximum atomic E-state index is 12.0. The van der Waals surface area contributed by atoms with Gasteiger partial charge in [-0.05, 0) is 71.5 Å². The molecule has 0 aromatic heterocycles. The number of carbonyl (C=O) groups is 3. The van der Waals surface area contributed by atoms with Gasteiger partial charge in [0.25, 0.3) is 0 Å². The van der Waals surface area contributed by atoms with E-state index in [1.54, 1.807) is 30.3 Å². The van der Waals surface area contributed by atoms with Gasteiger partial charge >= 0.3 is 11.8 Å². The number of benzene rings is 2. The van der Waals surface area contributed by atoms with Gasteiger partial charge in [0.05, 0.1) is 6.42 Å². The van der Waals surface area contributed by atoms with Gasteiger partial charge in [0.1, 0.15) is 0 Å². The van der Waals surface area contributed by atoms with Gasteiger partial charge in [-0.2, -0.15) is 0 Å². The zero-order chi connectivity index (χ0) is 20.7. The topological polar surface area (TPSA) is 99.3 Å². The summed E-state index contributed by atoms with van der Waals surface area (Å²) < 4.78 is 1.05. The molecule has 2 aromatic rings. The normalized spacial score (nSPS) is 9.96. The van der Waals surface area contributed by atoms with E-state index in [2.05, 4.69) is 50.7 Å². The van der Waals surface area contributed by atoms with E-state index >= 15 is 0 Å². The van der Waals surface area contributed by atoms with Crippen molar-refractivity contribution >= 4 is 63.3 Å². The maximum absolute atomic E-state index is 12.0. The number of hydrogen-bond acceptors (Lipinski definition) is 4. The molecule has 0 fully saturated rings. The van der Waals surface area contributed by atoms with Crippen LogP contribution < -0.4 is 21.5 Å². The molecule has 9 heteroatoms. The molecule has 146 valence electrons. The van der Waals surface area contributed by atoms with Crippen LogP contribution in [0.5, 0.6) is 0 Å². The fraction of sp³-hybridized carbons (Fsp3) is 0.105. The molecule has 2 aromatic carbocycles. The number of nitrogens with one attached hydrogen (secondary N) is 4. The second-order valence-electron chi connectivity index (χ2n) is 5.83. The molecule has 0 atom stereocenters. The van der Waals surface area contributed by atoms with E-state index < -0.39 is 11.8 Å². The monoisotopic (exact) mass is 512 g/mol. The highest BCUT2D eigenvalue weighted by atomic mass is 127. The van der Waals surface area contributed by atoms with Crippen LogP contribution in [0.4, 0.5) is 11.4 Å². The second-order valence-corrected chi connectivity index (χ2v) is 7.49. The third kappa shape index (κ3) is 6.86. The average Bonchev–Trinajstić information content (AvgIpc) is 2.64. The van der Waals surface area contributed by atoms with Crippen molar-refractivity contribution in [3.8, 4) is 0 Å². The minimum absolute atomic E-state index is 0.0819. The van der Waals surface area contributed by atoms with Gasteiger partial charge in [-0.15, -0.1) is 0 Å². The van der Waals surface area contributed by atoms with Crippen LogP contribution in [0.25, 0.3) is 0 Å². The van der Waals surface area contributed by atoms with Crippen molar-refractivity contribution in [2.75, 3.05) is 10.6 Å². The summed E-state index contributed by atoms with van der Waals surface area (Å²) in [6.07, 6.45) is -0.0819. The number of hydrazine groups is 1. The molecule has 0 bridgehead atoms. The molecule has 0 unspecified atom stereocenters. The third-order valence-electron chi connectivity index (χ3n) is 3.49. The Balaban J connectivity index is 1.76. The van der Waals surface area contributed by atoms with Gasteiger partial charge in [0, 0.05) is 25.7 Å². The highest BCUT2D eigenvalue weighted by Gasteiger charge is 2.14.